The predicted octanol–water partition coefficient (Wildman–Crippen LogP) is 3.98. The Labute approximate surface area is 119 Å². The monoisotopic (exact) mass is 290 g/mol. The number of nitrogens with zero attached hydrogens (tertiary/aromatic N) is 2. The molecule has 0 atom stereocenters. The summed E-state index contributed by atoms with van der Waals surface area (Å²) in [6.07, 6.45) is 0. The van der Waals surface area contributed by atoms with E-state index in [0.717, 1.165) is 39.7 Å². The molecule has 1 aromatic heterocycles. The summed E-state index contributed by atoms with van der Waals surface area (Å²) >= 11 is 7.41. The topological polar surface area (TPSA) is 63.8 Å². The fourth-order valence-corrected chi connectivity index (χ4v) is 2.67. The van der Waals surface area contributed by atoms with Crippen LogP contribution in [0.2, 0.25) is 5.02 Å². The smallest absolute Gasteiger partial charge is 0.129 e. The second-order valence-corrected chi connectivity index (χ2v) is 5.15. The summed E-state index contributed by atoms with van der Waals surface area (Å²) in [5, 5.41) is 3.88. The molecule has 0 radical (unpaired) electrons. The molecule has 3 N–H and O–H groups in total. The van der Waals surface area contributed by atoms with Gasteiger partial charge in [-0.3, -0.25) is 0 Å². The van der Waals surface area contributed by atoms with Crippen LogP contribution in [-0.2, 0) is 0 Å². The van der Waals surface area contributed by atoms with Gasteiger partial charge in [0.15, 0.2) is 0 Å². The largest absolute Gasteiger partial charge is 0.397 e. The van der Waals surface area contributed by atoms with E-state index in [1.807, 2.05) is 37.3 Å². The second kappa shape index (κ2) is 4.68. The fourth-order valence-electron chi connectivity index (χ4n) is 1.93. The van der Waals surface area contributed by atoms with Crippen LogP contribution in [0.3, 0.4) is 0 Å². The lowest BCUT2D eigenvalue weighted by molar-refractivity contribution is 1.43. The van der Waals surface area contributed by atoms with Crippen molar-refractivity contribution < 1.29 is 0 Å². The number of anilines is 3. The molecular formula is C13H11ClN4S. The number of nitrogen functional groups attached to an aromatic ring is 1. The Kier molecular flexibility index (Phi) is 3.00. The first kappa shape index (κ1) is 12.2. The molecule has 19 heavy (non-hydrogen) atoms. The molecule has 2 aromatic carbocycles. The van der Waals surface area contributed by atoms with E-state index in [-0.39, 0.29) is 0 Å². The van der Waals surface area contributed by atoms with Crippen LogP contribution in [0.4, 0.5) is 17.1 Å². The summed E-state index contributed by atoms with van der Waals surface area (Å²) in [6.45, 7) is 1.99. The standard InChI is InChI=1S/C13H11ClN4S/c1-7-3-2-4-9(15)11(7)16-12-8(14)5-6-10-13(12)18-19-17-10/h2-6,16H,15H2,1H3. The van der Waals surface area contributed by atoms with Gasteiger partial charge in [0.25, 0.3) is 0 Å². The average molecular weight is 291 g/mol. The minimum absolute atomic E-state index is 0.600. The van der Waals surface area contributed by atoms with Crippen molar-refractivity contribution in [1.29, 1.82) is 0 Å². The summed E-state index contributed by atoms with van der Waals surface area (Å²) in [6, 6.07) is 9.42. The highest BCUT2D eigenvalue weighted by Gasteiger charge is 2.12. The lowest BCUT2D eigenvalue weighted by atomic mass is 10.1. The molecular weight excluding hydrogens is 280 g/mol. The van der Waals surface area contributed by atoms with Crippen LogP contribution in [0.15, 0.2) is 30.3 Å². The van der Waals surface area contributed by atoms with Crippen LogP contribution < -0.4 is 11.1 Å². The van der Waals surface area contributed by atoms with E-state index in [2.05, 4.69) is 14.1 Å². The average Bonchev–Trinajstić information content (AvgIpc) is 2.84. The summed E-state index contributed by atoms with van der Waals surface area (Å²) in [7, 11) is 0. The number of aryl methyl sites for hydroxylation is 1. The van der Waals surface area contributed by atoms with Gasteiger partial charge in [0.2, 0.25) is 0 Å². The molecule has 0 unspecified atom stereocenters. The highest BCUT2D eigenvalue weighted by molar-refractivity contribution is 7.00. The quantitative estimate of drug-likeness (QED) is 0.701. The van der Waals surface area contributed by atoms with E-state index < -0.39 is 0 Å². The van der Waals surface area contributed by atoms with Crippen molar-refractivity contribution >= 4 is 51.4 Å². The van der Waals surface area contributed by atoms with Crippen molar-refractivity contribution in [1.82, 2.24) is 8.75 Å². The van der Waals surface area contributed by atoms with E-state index in [1.165, 1.54) is 0 Å². The minimum atomic E-state index is 0.600. The zero-order valence-corrected chi connectivity index (χ0v) is 11.7. The van der Waals surface area contributed by atoms with Crippen molar-refractivity contribution in [2.45, 2.75) is 6.92 Å². The minimum Gasteiger partial charge on any atom is -0.397 e. The van der Waals surface area contributed by atoms with Gasteiger partial charge >= 0.3 is 0 Å². The summed E-state index contributed by atoms with van der Waals surface area (Å²) in [4.78, 5) is 0. The van der Waals surface area contributed by atoms with Crippen LogP contribution in [0.5, 0.6) is 0 Å². The van der Waals surface area contributed by atoms with Crippen LogP contribution in [0.25, 0.3) is 11.0 Å². The summed E-state index contributed by atoms with van der Waals surface area (Å²) in [5.41, 5.74) is 10.9. The number of nitrogens with two attached hydrogens (primary N) is 1. The number of para-hydroxylation sites is 1. The van der Waals surface area contributed by atoms with Crippen molar-refractivity contribution in [3.05, 3.63) is 40.9 Å². The highest BCUT2D eigenvalue weighted by Crippen LogP contribution is 2.35. The van der Waals surface area contributed by atoms with Gasteiger partial charge in [-0.15, -0.1) is 0 Å². The Morgan fingerprint density at radius 1 is 1.16 bits per heavy atom. The third-order valence-electron chi connectivity index (χ3n) is 2.93. The summed E-state index contributed by atoms with van der Waals surface area (Å²) < 4.78 is 8.49. The number of benzene rings is 2. The molecule has 0 amide bonds. The second-order valence-electron chi connectivity index (χ2n) is 4.22. The maximum Gasteiger partial charge on any atom is 0.129 e. The molecule has 3 aromatic rings. The van der Waals surface area contributed by atoms with E-state index >= 15 is 0 Å². The van der Waals surface area contributed by atoms with E-state index in [9.17, 15) is 0 Å². The zero-order chi connectivity index (χ0) is 13.4. The fraction of sp³-hybridized carbons (Fsp3) is 0.0769. The number of hydrogen-bond acceptors (Lipinski definition) is 5. The number of aromatic nitrogens is 2. The lowest BCUT2D eigenvalue weighted by Gasteiger charge is -2.13. The number of nitrogens with one attached hydrogen (secondary N) is 1. The number of fused-ring (bicyclic) bond motifs is 1. The van der Waals surface area contributed by atoms with Gasteiger partial charge in [0.1, 0.15) is 11.0 Å². The molecule has 3 rings (SSSR count). The Morgan fingerprint density at radius 2 is 2.00 bits per heavy atom. The van der Waals surface area contributed by atoms with Crippen molar-refractivity contribution in [3.63, 3.8) is 0 Å². The van der Waals surface area contributed by atoms with Crippen LogP contribution in [0.1, 0.15) is 5.56 Å². The van der Waals surface area contributed by atoms with E-state index in [4.69, 9.17) is 17.3 Å². The Balaban J connectivity index is 2.15. The summed E-state index contributed by atoms with van der Waals surface area (Å²) in [5.74, 6) is 0. The van der Waals surface area contributed by atoms with E-state index in [1.54, 1.807) is 0 Å². The Bertz CT molecular complexity index is 733. The third-order valence-corrected chi connectivity index (χ3v) is 3.79. The van der Waals surface area contributed by atoms with Gasteiger partial charge < -0.3 is 11.1 Å². The maximum atomic E-state index is 6.25. The molecule has 0 saturated carbocycles. The molecule has 96 valence electrons. The normalized spacial score (nSPS) is 10.8. The van der Waals surface area contributed by atoms with Crippen LogP contribution in [-0.4, -0.2) is 8.75 Å². The molecule has 0 spiro atoms. The van der Waals surface area contributed by atoms with Gasteiger partial charge in [-0.05, 0) is 30.7 Å². The molecule has 0 aliphatic rings. The first-order valence-corrected chi connectivity index (χ1v) is 6.80. The SMILES string of the molecule is Cc1cccc(N)c1Nc1c(Cl)ccc2nsnc12. The zero-order valence-electron chi connectivity index (χ0n) is 10.1. The molecule has 0 saturated heterocycles. The van der Waals surface area contributed by atoms with Crippen LogP contribution >= 0.6 is 23.3 Å². The third kappa shape index (κ3) is 2.11. The molecule has 1 heterocycles. The lowest BCUT2D eigenvalue weighted by Crippen LogP contribution is -1.99. The van der Waals surface area contributed by atoms with Gasteiger partial charge in [-0.1, -0.05) is 23.7 Å². The molecule has 6 heteroatoms. The number of hydrogen-bond donors (Lipinski definition) is 2. The first-order chi connectivity index (χ1) is 9.16. The van der Waals surface area contributed by atoms with Crippen molar-refractivity contribution in [2.24, 2.45) is 0 Å². The molecule has 0 bridgehead atoms. The van der Waals surface area contributed by atoms with Gasteiger partial charge in [-0.25, -0.2) is 0 Å². The molecule has 0 aliphatic heterocycles. The number of halogens is 1. The number of rotatable bonds is 2. The van der Waals surface area contributed by atoms with Crippen LogP contribution in [0, 0.1) is 6.92 Å². The highest BCUT2D eigenvalue weighted by atomic mass is 35.5. The van der Waals surface area contributed by atoms with Crippen molar-refractivity contribution in [3.8, 4) is 0 Å². The maximum absolute atomic E-state index is 6.25. The first-order valence-electron chi connectivity index (χ1n) is 5.69. The molecule has 4 nitrogen and oxygen atoms in total. The van der Waals surface area contributed by atoms with Gasteiger partial charge in [0, 0.05) is 0 Å². The molecule has 0 fully saturated rings. The van der Waals surface area contributed by atoms with Crippen molar-refractivity contribution in [2.75, 3.05) is 11.1 Å². The van der Waals surface area contributed by atoms with Gasteiger partial charge in [-0.2, -0.15) is 8.75 Å². The predicted molar refractivity (Wildman–Crippen MR) is 81.3 cm³/mol. The Hall–Kier alpha value is -1.85. The van der Waals surface area contributed by atoms with Gasteiger partial charge in [0.05, 0.1) is 33.8 Å². The van der Waals surface area contributed by atoms with E-state index in [0.29, 0.717) is 10.7 Å². The molecule has 0 aliphatic carbocycles. The Morgan fingerprint density at radius 3 is 2.79 bits per heavy atom.